The van der Waals surface area contributed by atoms with Gasteiger partial charge in [0.25, 0.3) is 0 Å². The molecule has 2 amide bonds. The van der Waals surface area contributed by atoms with Crippen LogP contribution in [0.5, 0.6) is 0 Å². The first-order valence-electron chi connectivity index (χ1n) is 8.89. The van der Waals surface area contributed by atoms with E-state index in [-0.39, 0.29) is 18.1 Å². The summed E-state index contributed by atoms with van der Waals surface area (Å²) in [6.07, 6.45) is 5.21. The maximum Gasteiger partial charge on any atom is 0.318 e. The summed E-state index contributed by atoms with van der Waals surface area (Å²) in [5.74, 6) is 0.746. The summed E-state index contributed by atoms with van der Waals surface area (Å²) in [6, 6.07) is 5.72. The number of nitrogens with one attached hydrogen (secondary N) is 1. The molecule has 8 heteroatoms. The van der Waals surface area contributed by atoms with Gasteiger partial charge < -0.3 is 14.8 Å². The molecule has 0 bridgehead atoms. The van der Waals surface area contributed by atoms with Crippen molar-refractivity contribution in [3.05, 3.63) is 64.6 Å². The fourth-order valence-electron chi connectivity index (χ4n) is 2.82. The van der Waals surface area contributed by atoms with Crippen molar-refractivity contribution in [2.75, 3.05) is 0 Å². The Hall–Kier alpha value is -2.74. The molecule has 7 nitrogen and oxygen atoms in total. The molecule has 0 radical (unpaired) electrons. The smallest absolute Gasteiger partial charge is 0.318 e. The van der Waals surface area contributed by atoms with Crippen molar-refractivity contribution >= 4 is 17.4 Å². The zero-order valence-corrected chi connectivity index (χ0v) is 16.6. The molecule has 0 unspecified atom stereocenters. The van der Waals surface area contributed by atoms with Gasteiger partial charge in [-0.3, -0.25) is 4.98 Å². The van der Waals surface area contributed by atoms with Gasteiger partial charge >= 0.3 is 6.03 Å². The maximum atomic E-state index is 13.0. The van der Waals surface area contributed by atoms with Crippen LogP contribution >= 0.6 is 11.3 Å². The molecular formula is C19H24N6OS. The highest BCUT2D eigenvalue weighted by atomic mass is 32.1. The van der Waals surface area contributed by atoms with Gasteiger partial charge in [-0.1, -0.05) is 6.07 Å². The summed E-state index contributed by atoms with van der Waals surface area (Å²) >= 11 is 1.62. The first-order valence-corrected chi connectivity index (χ1v) is 9.83. The largest absolute Gasteiger partial charge is 0.328 e. The highest BCUT2D eigenvalue weighted by Crippen LogP contribution is 2.17. The quantitative estimate of drug-likeness (QED) is 0.672. The molecule has 0 fully saturated rings. The zero-order chi connectivity index (χ0) is 19.2. The van der Waals surface area contributed by atoms with Gasteiger partial charge in [0, 0.05) is 31.5 Å². The minimum Gasteiger partial charge on any atom is -0.328 e. The molecule has 3 rings (SSSR count). The molecule has 27 heavy (non-hydrogen) atoms. The second-order valence-electron chi connectivity index (χ2n) is 6.71. The first-order chi connectivity index (χ1) is 13.0. The molecule has 3 aromatic rings. The van der Waals surface area contributed by atoms with E-state index in [0.717, 1.165) is 17.0 Å². The van der Waals surface area contributed by atoms with E-state index in [2.05, 4.69) is 39.7 Å². The number of carbonyl (C=O) groups excluding carboxylic acids is 1. The van der Waals surface area contributed by atoms with Crippen molar-refractivity contribution in [3.8, 4) is 0 Å². The van der Waals surface area contributed by atoms with Gasteiger partial charge in [-0.05, 0) is 54.8 Å². The van der Waals surface area contributed by atoms with E-state index in [1.165, 1.54) is 0 Å². The lowest BCUT2D eigenvalue weighted by Gasteiger charge is -2.25. The summed E-state index contributed by atoms with van der Waals surface area (Å²) in [4.78, 5) is 18.9. The predicted molar refractivity (Wildman–Crippen MR) is 105 cm³/mol. The van der Waals surface area contributed by atoms with Crippen LogP contribution in [0.2, 0.25) is 0 Å². The number of carbonyl (C=O) groups is 1. The van der Waals surface area contributed by atoms with Crippen LogP contribution in [0.1, 0.15) is 49.8 Å². The number of rotatable bonds is 7. The number of amides is 2. The van der Waals surface area contributed by atoms with Crippen molar-refractivity contribution < 1.29 is 4.79 Å². The van der Waals surface area contributed by atoms with Crippen LogP contribution < -0.4 is 5.32 Å². The lowest BCUT2D eigenvalue weighted by molar-refractivity contribution is 0.188. The summed E-state index contributed by atoms with van der Waals surface area (Å²) in [5.41, 5.74) is 2.10. The number of pyridine rings is 1. The lowest BCUT2D eigenvalue weighted by Crippen LogP contribution is -2.40. The van der Waals surface area contributed by atoms with E-state index in [9.17, 15) is 4.79 Å². The van der Waals surface area contributed by atoms with Gasteiger partial charge in [0.1, 0.15) is 6.33 Å². The maximum absolute atomic E-state index is 13.0. The highest BCUT2D eigenvalue weighted by Gasteiger charge is 2.21. The number of hydrogen-bond donors (Lipinski definition) is 1. The van der Waals surface area contributed by atoms with Crippen LogP contribution in [0.25, 0.3) is 0 Å². The Labute approximate surface area is 163 Å². The van der Waals surface area contributed by atoms with E-state index in [0.29, 0.717) is 13.1 Å². The van der Waals surface area contributed by atoms with Gasteiger partial charge in [-0.2, -0.15) is 11.3 Å². The van der Waals surface area contributed by atoms with Crippen molar-refractivity contribution in [1.82, 2.24) is 30.0 Å². The highest BCUT2D eigenvalue weighted by molar-refractivity contribution is 7.07. The average molecular weight is 385 g/mol. The van der Waals surface area contributed by atoms with Crippen LogP contribution in [0.15, 0.2) is 47.7 Å². The number of aromatic nitrogens is 4. The third kappa shape index (κ3) is 4.91. The third-order valence-electron chi connectivity index (χ3n) is 4.22. The van der Waals surface area contributed by atoms with E-state index in [1.807, 2.05) is 35.1 Å². The predicted octanol–water partition coefficient (Wildman–Crippen LogP) is 3.79. The standard InChI is InChI=1S/C19H24N6OS/c1-14(2)25-13-21-23-18(25)15(3)22-19(26)24(11-17-6-8-27-12-17)10-16-5-4-7-20-9-16/h4-9,12-15H,10-11H2,1-3H3,(H,22,26)/t15-/m0/s1. The minimum atomic E-state index is -0.249. The van der Waals surface area contributed by atoms with Crippen LogP contribution in [-0.2, 0) is 13.1 Å². The normalized spacial score (nSPS) is 12.1. The first kappa shape index (κ1) is 19.0. The molecule has 1 atom stereocenters. The molecule has 0 saturated heterocycles. The number of hydrogen-bond acceptors (Lipinski definition) is 5. The average Bonchev–Trinajstić information content (AvgIpc) is 3.33. The van der Waals surface area contributed by atoms with Crippen molar-refractivity contribution in [3.63, 3.8) is 0 Å². The summed E-state index contributed by atoms with van der Waals surface area (Å²) in [5, 5.41) is 15.3. The second kappa shape index (κ2) is 8.77. The second-order valence-corrected chi connectivity index (χ2v) is 7.49. The number of urea groups is 1. The molecule has 0 aromatic carbocycles. The van der Waals surface area contributed by atoms with Crippen LogP contribution in [0.4, 0.5) is 4.79 Å². The molecule has 0 aliphatic rings. The van der Waals surface area contributed by atoms with Gasteiger partial charge in [0.2, 0.25) is 0 Å². The topological polar surface area (TPSA) is 75.9 Å². The van der Waals surface area contributed by atoms with E-state index >= 15 is 0 Å². The Balaban J connectivity index is 1.74. The van der Waals surface area contributed by atoms with Crippen molar-refractivity contribution in [2.45, 2.75) is 45.9 Å². The summed E-state index contributed by atoms with van der Waals surface area (Å²) in [7, 11) is 0. The number of thiophene rings is 1. The molecule has 3 aromatic heterocycles. The minimum absolute atomic E-state index is 0.143. The fraction of sp³-hybridized carbons (Fsp3) is 0.368. The summed E-state index contributed by atoms with van der Waals surface area (Å²) < 4.78 is 1.97. The molecule has 0 aliphatic carbocycles. The molecular weight excluding hydrogens is 360 g/mol. The molecule has 142 valence electrons. The lowest BCUT2D eigenvalue weighted by atomic mass is 10.2. The Morgan fingerprint density at radius 3 is 2.74 bits per heavy atom. The van der Waals surface area contributed by atoms with Crippen molar-refractivity contribution in [2.24, 2.45) is 0 Å². The molecule has 3 heterocycles. The summed E-state index contributed by atoms with van der Waals surface area (Å²) in [6.45, 7) is 7.07. The third-order valence-corrected chi connectivity index (χ3v) is 4.95. The van der Waals surface area contributed by atoms with Gasteiger partial charge in [0.05, 0.1) is 6.04 Å². The van der Waals surface area contributed by atoms with Gasteiger partial charge in [-0.15, -0.1) is 10.2 Å². The molecule has 1 N–H and O–H groups in total. The van der Waals surface area contributed by atoms with E-state index < -0.39 is 0 Å². The van der Waals surface area contributed by atoms with Crippen LogP contribution in [-0.4, -0.2) is 30.7 Å². The monoisotopic (exact) mass is 384 g/mol. The van der Waals surface area contributed by atoms with Gasteiger partial charge in [-0.25, -0.2) is 4.79 Å². The Morgan fingerprint density at radius 1 is 1.26 bits per heavy atom. The zero-order valence-electron chi connectivity index (χ0n) is 15.7. The Kier molecular flexibility index (Phi) is 6.18. The Bertz CT molecular complexity index is 846. The van der Waals surface area contributed by atoms with Gasteiger partial charge in [0.15, 0.2) is 5.82 Å². The Morgan fingerprint density at radius 2 is 2.07 bits per heavy atom. The van der Waals surface area contributed by atoms with Crippen LogP contribution in [0.3, 0.4) is 0 Å². The van der Waals surface area contributed by atoms with Crippen molar-refractivity contribution in [1.29, 1.82) is 0 Å². The van der Waals surface area contributed by atoms with E-state index in [1.54, 1.807) is 35.0 Å². The van der Waals surface area contributed by atoms with E-state index in [4.69, 9.17) is 0 Å². The fourth-order valence-corrected chi connectivity index (χ4v) is 3.47. The molecule has 0 spiro atoms. The molecule has 0 saturated carbocycles. The SMILES string of the molecule is CC(C)n1cnnc1[C@H](C)NC(=O)N(Cc1cccnc1)Cc1ccsc1. The molecule has 0 aliphatic heterocycles. The number of nitrogens with zero attached hydrogens (tertiary/aromatic N) is 5. The van der Waals surface area contributed by atoms with Crippen LogP contribution in [0, 0.1) is 0 Å².